The summed E-state index contributed by atoms with van der Waals surface area (Å²) in [5.74, 6) is -1.93. The zero-order valence-electron chi connectivity index (χ0n) is 12.3. The van der Waals surface area contributed by atoms with Crippen LogP contribution in [-0.4, -0.2) is 68.8 Å². The molecule has 0 bridgehead atoms. The van der Waals surface area contributed by atoms with Gasteiger partial charge in [-0.1, -0.05) is 28.1 Å². The van der Waals surface area contributed by atoms with Crippen molar-refractivity contribution >= 4 is 28.0 Å². The zero-order valence-corrected chi connectivity index (χ0v) is 13.9. The van der Waals surface area contributed by atoms with Gasteiger partial charge in [-0.2, -0.15) is 0 Å². The Bertz CT molecular complexity index is 600. The second kappa shape index (κ2) is 8.06. The smallest absolute Gasteiger partial charge is 0.371 e. The van der Waals surface area contributed by atoms with Gasteiger partial charge >= 0.3 is 5.97 Å². The van der Waals surface area contributed by atoms with Crippen LogP contribution in [0.25, 0.3) is 6.08 Å². The molecule has 5 N–H and O–H groups in total. The van der Waals surface area contributed by atoms with Crippen molar-refractivity contribution in [2.45, 2.75) is 30.7 Å². The molecule has 0 saturated carbocycles. The van der Waals surface area contributed by atoms with E-state index in [0.717, 1.165) is 4.47 Å². The molecule has 5 unspecified atom stereocenters. The molecule has 2 rings (SSSR count). The van der Waals surface area contributed by atoms with Crippen molar-refractivity contribution in [1.82, 2.24) is 0 Å². The fourth-order valence-corrected chi connectivity index (χ4v) is 2.41. The minimum absolute atomic E-state index is 0.526. The highest BCUT2D eigenvalue weighted by molar-refractivity contribution is 9.10. The molecule has 1 aromatic rings. The number of carboxylic acids is 1. The largest absolute Gasteiger partial charge is 0.475 e. The summed E-state index contributed by atoms with van der Waals surface area (Å²) in [5, 5.41) is 47.6. The molecule has 0 spiro atoms. The van der Waals surface area contributed by atoms with Gasteiger partial charge in [0.1, 0.15) is 24.4 Å². The number of aliphatic carboxylic acids is 1. The molecule has 0 aliphatic carbocycles. The minimum Gasteiger partial charge on any atom is -0.475 e. The van der Waals surface area contributed by atoms with Crippen LogP contribution in [0, 0.1) is 0 Å². The van der Waals surface area contributed by atoms with Crippen LogP contribution in [0.2, 0.25) is 0 Å². The van der Waals surface area contributed by atoms with Crippen LogP contribution >= 0.6 is 15.9 Å². The van der Waals surface area contributed by atoms with Gasteiger partial charge in [-0.15, -0.1) is 0 Å². The van der Waals surface area contributed by atoms with Gasteiger partial charge in [0.05, 0.1) is 6.61 Å². The lowest BCUT2D eigenvalue weighted by molar-refractivity contribution is -0.291. The lowest BCUT2D eigenvalue weighted by Gasteiger charge is -2.39. The van der Waals surface area contributed by atoms with Gasteiger partial charge in [-0.25, -0.2) is 4.79 Å². The fraction of sp³-hybridized carbons (Fsp3) is 0.400. The molecule has 1 aliphatic heterocycles. The first-order chi connectivity index (χ1) is 11.3. The molecule has 0 amide bonds. The van der Waals surface area contributed by atoms with E-state index in [9.17, 15) is 25.2 Å². The summed E-state index contributed by atoms with van der Waals surface area (Å²) in [5.41, 5.74) is 0.528. The second-order valence-electron chi connectivity index (χ2n) is 5.18. The molecule has 0 aromatic heterocycles. The summed E-state index contributed by atoms with van der Waals surface area (Å²) < 4.78 is 11.1. The zero-order chi connectivity index (χ0) is 17.9. The van der Waals surface area contributed by atoms with E-state index in [4.69, 9.17) is 14.6 Å². The van der Waals surface area contributed by atoms with E-state index in [1.165, 1.54) is 6.08 Å². The van der Waals surface area contributed by atoms with Crippen LogP contribution in [-0.2, 0) is 14.3 Å². The van der Waals surface area contributed by atoms with E-state index < -0.39 is 49.0 Å². The van der Waals surface area contributed by atoms with E-state index in [2.05, 4.69) is 15.9 Å². The average Bonchev–Trinajstić information content (AvgIpc) is 2.56. The first kappa shape index (κ1) is 18.8. The molecular weight excluding hydrogens is 388 g/mol. The molecule has 1 aromatic carbocycles. The Morgan fingerprint density at radius 2 is 1.79 bits per heavy atom. The van der Waals surface area contributed by atoms with E-state index in [1.807, 2.05) is 0 Å². The first-order valence-corrected chi connectivity index (χ1v) is 7.80. The third-order valence-electron chi connectivity index (χ3n) is 3.47. The van der Waals surface area contributed by atoms with E-state index in [0.29, 0.717) is 5.56 Å². The van der Waals surface area contributed by atoms with Crippen molar-refractivity contribution in [3.8, 4) is 0 Å². The standard InChI is InChI=1S/C15H17BrO8/c16-8-3-1-7(2-4-8)5-9(14(21)22)23-15-13(20)12(19)11(18)10(6-17)24-15/h1-5,10-13,15,17-20H,6H2,(H,21,22). The van der Waals surface area contributed by atoms with Crippen LogP contribution in [0.5, 0.6) is 0 Å². The van der Waals surface area contributed by atoms with Gasteiger partial charge in [0, 0.05) is 4.47 Å². The summed E-state index contributed by atoms with van der Waals surface area (Å²) in [6.45, 7) is -0.635. The molecule has 1 aliphatic rings. The maximum absolute atomic E-state index is 11.3. The van der Waals surface area contributed by atoms with Crippen LogP contribution in [0.1, 0.15) is 5.56 Å². The topological polar surface area (TPSA) is 137 Å². The molecule has 5 atom stereocenters. The third-order valence-corrected chi connectivity index (χ3v) is 4.00. The molecule has 9 heteroatoms. The highest BCUT2D eigenvalue weighted by Gasteiger charge is 2.45. The number of carbonyl (C=O) groups is 1. The molecule has 132 valence electrons. The van der Waals surface area contributed by atoms with Crippen LogP contribution in [0.3, 0.4) is 0 Å². The molecule has 0 radical (unpaired) electrons. The van der Waals surface area contributed by atoms with Gasteiger partial charge in [0.25, 0.3) is 0 Å². The highest BCUT2D eigenvalue weighted by Crippen LogP contribution is 2.24. The van der Waals surface area contributed by atoms with E-state index >= 15 is 0 Å². The number of hydrogen-bond donors (Lipinski definition) is 5. The average molecular weight is 405 g/mol. The third kappa shape index (κ3) is 4.32. The number of rotatable bonds is 5. The van der Waals surface area contributed by atoms with Gasteiger partial charge in [0.2, 0.25) is 12.0 Å². The molecule has 1 fully saturated rings. The van der Waals surface area contributed by atoms with Crippen molar-refractivity contribution < 1.29 is 39.8 Å². The number of aliphatic hydroxyl groups is 4. The summed E-state index contributed by atoms with van der Waals surface area (Å²) >= 11 is 3.26. The van der Waals surface area contributed by atoms with Gasteiger partial charge in [0.15, 0.2) is 0 Å². The molecule has 1 saturated heterocycles. The summed E-state index contributed by atoms with van der Waals surface area (Å²) in [6, 6.07) is 6.70. The Balaban J connectivity index is 2.20. The maximum Gasteiger partial charge on any atom is 0.371 e. The van der Waals surface area contributed by atoms with Crippen molar-refractivity contribution in [2.75, 3.05) is 6.61 Å². The summed E-state index contributed by atoms with van der Waals surface area (Å²) in [6.07, 6.45) is -6.40. The Hall–Kier alpha value is -1.49. The first-order valence-electron chi connectivity index (χ1n) is 7.01. The number of halogens is 1. The lowest BCUT2D eigenvalue weighted by atomic mass is 9.99. The Morgan fingerprint density at radius 3 is 2.33 bits per heavy atom. The van der Waals surface area contributed by atoms with Crippen LogP contribution in [0.4, 0.5) is 0 Å². The van der Waals surface area contributed by atoms with Crippen molar-refractivity contribution in [3.05, 3.63) is 40.1 Å². The Labute approximate surface area is 145 Å². The Kier molecular flexibility index (Phi) is 6.33. The normalized spacial score (nSPS) is 30.9. The van der Waals surface area contributed by atoms with Crippen molar-refractivity contribution in [3.63, 3.8) is 0 Å². The fourth-order valence-electron chi connectivity index (χ4n) is 2.15. The molecule has 24 heavy (non-hydrogen) atoms. The van der Waals surface area contributed by atoms with E-state index in [1.54, 1.807) is 24.3 Å². The van der Waals surface area contributed by atoms with Crippen LogP contribution < -0.4 is 0 Å². The number of carboxylic acid groups (broad SMARTS) is 1. The number of hydrogen-bond acceptors (Lipinski definition) is 7. The Morgan fingerprint density at radius 1 is 1.17 bits per heavy atom. The van der Waals surface area contributed by atoms with Gasteiger partial charge in [-0.3, -0.25) is 0 Å². The predicted octanol–water partition coefficient (Wildman–Crippen LogP) is -0.309. The number of aliphatic hydroxyl groups excluding tert-OH is 4. The number of ether oxygens (including phenoxy) is 2. The SMILES string of the molecule is O=C(O)C(=Cc1ccc(Br)cc1)OC1OC(CO)C(O)C(O)C1O. The highest BCUT2D eigenvalue weighted by atomic mass is 79.9. The summed E-state index contributed by atoms with van der Waals surface area (Å²) in [7, 11) is 0. The minimum atomic E-state index is -1.68. The van der Waals surface area contributed by atoms with Gasteiger partial charge in [-0.05, 0) is 23.8 Å². The summed E-state index contributed by atoms with van der Waals surface area (Å²) in [4.78, 5) is 11.3. The number of benzene rings is 1. The van der Waals surface area contributed by atoms with E-state index in [-0.39, 0.29) is 0 Å². The molecule has 8 nitrogen and oxygen atoms in total. The monoisotopic (exact) mass is 404 g/mol. The molecular formula is C15H17BrO8. The maximum atomic E-state index is 11.3. The van der Waals surface area contributed by atoms with Gasteiger partial charge < -0.3 is 35.0 Å². The van der Waals surface area contributed by atoms with Crippen molar-refractivity contribution in [2.24, 2.45) is 0 Å². The lowest BCUT2D eigenvalue weighted by Crippen LogP contribution is -2.59. The predicted molar refractivity (Wildman–Crippen MR) is 84.6 cm³/mol. The quantitative estimate of drug-likeness (QED) is 0.333. The second-order valence-corrected chi connectivity index (χ2v) is 6.10. The van der Waals surface area contributed by atoms with Crippen molar-refractivity contribution in [1.29, 1.82) is 0 Å². The molecule has 1 heterocycles. The van der Waals surface area contributed by atoms with Crippen LogP contribution in [0.15, 0.2) is 34.5 Å².